The molecule has 1 N–H and O–H groups in total. The topological polar surface area (TPSA) is 71.8 Å². The maximum atomic E-state index is 12.6. The number of methoxy groups -OCH3 is 1. The van der Waals surface area contributed by atoms with Crippen LogP contribution in [0.1, 0.15) is 18.6 Å². The summed E-state index contributed by atoms with van der Waals surface area (Å²) in [6.07, 6.45) is 3.56. The second-order valence-electron chi connectivity index (χ2n) is 6.45. The number of sulfonamides is 1. The molecular formula is C18H23ClN2O4S. The molecule has 8 heteroatoms. The molecular weight excluding hydrogens is 376 g/mol. The van der Waals surface area contributed by atoms with Crippen molar-refractivity contribution in [3.8, 4) is 5.75 Å². The van der Waals surface area contributed by atoms with Crippen LogP contribution in [0.4, 0.5) is 0 Å². The van der Waals surface area contributed by atoms with Crippen LogP contribution in [-0.4, -0.2) is 40.1 Å². The van der Waals surface area contributed by atoms with Crippen LogP contribution in [0.3, 0.4) is 0 Å². The van der Waals surface area contributed by atoms with E-state index in [1.54, 1.807) is 18.4 Å². The normalized spacial score (nSPS) is 16.7. The molecule has 2 aromatic rings. The van der Waals surface area contributed by atoms with Gasteiger partial charge in [0.2, 0.25) is 10.0 Å². The molecule has 1 aromatic heterocycles. The Balaban J connectivity index is 1.54. The fourth-order valence-electron chi connectivity index (χ4n) is 3.14. The number of rotatable bonds is 7. The van der Waals surface area contributed by atoms with Gasteiger partial charge in [0.05, 0.1) is 19.9 Å². The van der Waals surface area contributed by atoms with Gasteiger partial charge in [0, 0.05) is 11.6 Å². The van der Waals surface area contributed by atoms with E-state index in [1.165, 1.54) is 13.2 Å². The Morgan fingerprint density at radius 2 is 2.08 bits per heavy atom. The Morgan fingerprint density at radius 3 is 2.73 bits per heavy atom. The lowest BCUT2D eigenvalue weighted by Gasteiger charge is -2.31. The highest BCUT2D eigenvalue weighted by Crippen LogP contribution is 2.27. The summed E-state index contributed by atoms with van der Waals surface area (Å²) < 4.78 is 38.5. The third-order valence-corrected chi connectivity index (χ3v) is 6.32. The first-order chi connectivity index (χ1) is 12.5. The predicted octanol–water partition coefficient (Wildman–Crippen LogP) is 3.13. The predicted molar refractivity (Wildman–Crippen MR) is 99.9 cm³/mol. The molecule has 0 unspecified atom stereocenters. The molecule has 1 aliphatic rings. The van der Waals surface area contributed by atoms with E-state index in [-0.39, 0.29) is 10.6 Å². The molecule has 0 atom stereocenters. The van der Waals surface area contributed by atoms with E-state index in [0.717, 1.165) is 38.2 Å². The number of nitrogens with zero attached hydrogens (tertiary/aromatic N) is 1. The van der Waals surface area contributed by atoms with E-state index in [1.807, 2.05) is 12.1 Å². The van der Waals surface area contributed by atoms with E-state index in [2.05, 4.69) is 9.62 Å². The Hall–Kier alpha value is -1.54. The van der Waals surface area contributed by atoms with E-state index < -0.39 is 10.0 Å². The number of piperidine rings is 1. The molecule has 2 heterocycles. The highest BCUT2D eigenvalue weighted by atomic mass is 35.5. The zero-order valence-electron chi connectivity index (χ0n) is 14.7. The van der Waals surface area contributed by atoms with Crippen molar-refractivity contribution < 1.29 is 17.6 Å². The highest BCUT2D eigenvalue weighted by Gasteiger charge is 2.24. The van der Waals surface area contributed by atoms with Crippen molar-refractivity contribution in [2.45, 2.75) is 24.3 Å². The third kappa shape index (κ3) is 4.79. The molecule has 0 spiro atoms. The second-order valence-corrected chi connectivity index (χ2v) is 8.62. The molecule has 142 valence electrons. The fraction of sp³-hybridized carbons (Fsp3) is 0.444. The molecule has 0 bridgehead atoms. The molecule has 0 amide bonds. The zero-order valence-corrected chi connectivity index (χ0v) is 16.2. The number of hydrogen-bond acceptors (Lipinski definition) is 5. The number of halogens is 1. The summed E-state index contributed by atoms with van der Waals surface area (Å²) in [5.74, 6) is 1.55. The van der Waals surface area contributed by atoms with E-state index >= 15 is 0 Å². The summed E-state index contributed by atoms with van der Waals surface area (Å²) >= 11 is 5.94. The highest BCUT2D eigenvalue weighted by molar-refractivity contribution is 7.89. The van der Waals surface area contributed by atoms with Crippen LogP contribution in [0, 0.1) is 5.92 Å². The summed E-state index contributed by atoms with van der Waals surface area (Å²) in [6, 6.07) is 8.44. The van der Waals surface area contributed by atoms with Crippen molar-refractivity contribution in [1.29, 1.82) is 0 Å². The summed E-state index contributed by atoms with van der Waals surface area (Å²) in [5, 5.41) is 0.359. The van der Waals surface area contributed by atoms with Gasteiger partial charge in [-0.25, -0.2) is 13.1 Å². The van der Waals surface area contributed by atoms with Crippen LogP contribution in [0.5, 0.6) is 5.75 Å². The average molecular weight is 399 g/mol. The quantitative estimate of drug-likeness (QED) is 0.775. The van der Waals surface area contributed by atoms with E-state index in [0.29, 0.717) is 17.5 Å². The van der Waals surface area contributed by atoms with Crippen LogP contribution >= 0.6 is 11.6 Å². The lowest BCUT2D eigenvalue weighted by molar-refractivity contribution is 0.168. The van der Waals surface area contributed by atoms with Crippen LogP contribution in [0.2, 0.25) is 5.02 Å². The number of nitrogens with one attached hydrogen (secondary N) is 1. The molecule has 1 aliphatic heterocycles. The Kier molecular flexibility index (Phi) is 6.24. The van der Waals surface area contributed by atoms with Crippen molar-refractivity contribution in [2.75, 3.05) is 26.7 Å². The summed E-state index contributed by atoms with van der Waals surface area (Å²) in [7, 11) is -2.23. The smallest absolute Gasteiger partial charge is 0.244 e. The molecule has 26 heavy (non-hydrogen) atoms. The van der Waals surface area contributed by atoms with E-state index in [9.17, 15) is 8.42 Å². The van der Waals surface area contributed by atoms with Crippen LogP contribution in [0.25, 0.3) is 0 Å². The number of ether oxygens (including phenoxy) is 1. The van der Waals surface area contributed by atoms with Crippen molar-refractivity contribution in [3.05, 3.63) is 47.4 Å². The monoisotopic (exact) mass is 398 g/mol. The summed E-state index contributed by atoms with van der Waals surface area (Å²) in [4.78, 5) is 2.40. The molecule has 1 fully saturated rings. The molecule has 1 aromatic carbocycles. The third-order valence-electron chi connectivity index (χ3n) is 4.64. The van der Waals surface area contributed by atoms with Gasteiger partial charge in [-0.05, 0) is 62.2 Å². The molecule has 0 radical (unpaired) electrons. The largest absolute Gasteiger partial charge is 0.495 e. The van der Waals surface area contributed by atoms with E-state index in [4.69, 9.17) is 20.8 Å². The van der Waals surface area contributed by atoms with Gasteiger partial charge in [0.25, 0.3) is 0 Å². The average Bonchev–Trinajstić information content (AvgIpc) is 3.14. The maximum Gasteiger partial charge on any atom is 0.244 e. The molecule has 0 saturated carbocycles. The SMILES string of the molecule is COc1ccc(Cl)cc1S(=O)(=O)NCC1CCN(Cc2ccco2)CC1. The van der Waals surface area contributed by atoms with Gasteiger partial charge in [-0.3, -0.25) is 4.90 Å². The molecule has 1 saturated heterocycles. The van der Waals surface area contributed by atoms with Crippen molar-refractivity contribution in [1.82, 2.24) is 9.62 Å². The first kappa shape index (κ1) is 19.2. The van der Waals surface area contributed by atoms with Crippen molar-refractivity contribution in [3.63, 3.8) is 0 Å². The van der Waals surface area contributed by atoms with Gasteiger partial charge >= 0.3 is 0 Å². The Labute approximate surface area is 159 Å². The molecule has 6 nitrogen and oxygen atoms in total. The summed E-state index contributed by atoms with van der Waals surface area (Å²) in [6.45, 7) is 3.05. The molecule has 0 aliphatic carbocycles. The minimum atomic E-state index is -3.67. The zero-order chi connectivity index (χ0) is 18.6. The van der Waals surface area contributed by atoms with Crippen molar-refractivity contribution >= 4 is 21.6 Å². The minimum Gasteiger partial charge on any atom is -0.495 e. The van der Waals surface area contributed by atoms with Gasteiger partial charge in [0.15, 0.2) is 0 Å². The van der Waals surface area contributed by atoms with Gasteiger partial charge in [-0.2, -0.15) is 0 Å². The van der Waals surface area contributed by atoms with Crippen LogP contribution in [-0.2, 0) is 16.6 Å². The lowest BCUT2D eigenvalue weighted by atomic mass is 9.97. The fourth-order valence-corrected chi connectivity index (χ4v) is 4.68. The minimum absolute atomic E-state index is 0.0720. The van der Waals surface area contributed by atoms with Crippen LogP contribution in [0.15, 0.2) is 45.9 Å². The molecule has 3 rings (SSSR count). The number of benzene rings is 1. The van der Waals surface area contributed by atoms with Crippen LogP contribution < -0.4 is 9.46 Å². The lowest BCUT2D eigenvalue weighted by Crippen LogP contribution is -2.38. The Bertz CT molecular complexity index is 816. The first-order valence-electron chi connectivity index (χ1n) is 8.56. The first-order valence-corrected chi connectivity index (χ1v) is 10.4. The maximum absolute atomic E-state index is 12.6. The summed E-state index contributed by atoms with van der Waals surface area (Å²) in [5.41, 5.74) is 0. The number of likely N-dealkylation sites (tertiary alicyclic amines) is 1. The standard InChI is InChI=1S/C18H23ClN2O4S/c1-24-17-5-4-15(19)11-18(17)26(22,23)20-12-14-6-8-21(9-7-14)13-16-3-2-10-25-16/h2-5,10-11,14,20H,6-9,12-13H2,1H3. The van der Waals surface area contributed by atoms with Gasteiger partial charge in [-0.1, -0.05) is 11.6 Å². The second kappa shape index (κ2) is 8.43. The number of hydrogen-bond donors (Lipinski definition) is 1. The van der Waals surface area contributed by atoms with Gasteiger partial charge < -0.3 is 9.15 Å². The number of furan rings is 1. The van der Waals surface area contributed by atoms with Crippen molar-refractivity contribution in [2.24, 2.45) is 5.92 Å². The van der Waals surface area contributed by atoms with Gasteiger partial charge in [-0.15, -0.1) is 0 Å². The Morgan fingerprint density at radius 1 is 1.31 bits per heavy atom. The van der Waals surface area contributed by atoms with Gasteiger partial charge in [0.1, 0.15) is 16.4 Å².